The molecular weight excluding hydrogens is 196 g/mol. The van der Waals surface area contributed by atoms with E-state index in [0.717, 1.165) is 5.69 Å². The van der Waals surface area contributed by atoms with Crippen LogP contribution in [0.2, 0.25) is 0 Å². The minimum absolute atomic E-state index is 0. The molecule has 0 aliphatic carbocycles. The molecule has 0 bridgehead atoms. The number of aromatic nitrogens is 2. The molecule has 0 aliphatic heterocycles. The number of aryl methyl sites for hydroxylation is 1. The summed E-state index contributed by atoms with van der Waals surface area (Å²) in [6.07, 6.45) is 2.52. The van der Waals surface area contributed by atoms with Crippen molar-refractivity contribution in [3.8, 4) is 0 Å². The Balaban J connectivity index is 0.000000810. The zero-order valence-electron chi connectivity index (χ0n) is 5.82. The number of nitrogens with zero attached hydrogens (tertiary/aromatic N) is 2. The lowest BCUT2D eigenvalue weighted by Gasteiger charge is -1.87. The molecule has 0 aliphatic rings. The first-order valence-corrected chi connectivity index (χ1v) is 2.92. The summed E-state index contributed by atoms with van der Waals surface area (Å²) in [6, 6.07) is 1.90. The predicted octanol–water partition coefficient (Wildman–Crippen LogP) is 0.533. The van der Waals surface area contributed by atoms with Crippen molar-refractivity contribution in [1.82, 2.24) is 9.78 Å². The third-order valence-electron chi connectivity index (χ3n) is 1.14. The molecule has 0 saturated heterocycles. The Kier molecular flexibility index (Phi) is 4.31. The van der Waals surface area contributed by atoms with Crippen LogP contribution >= 0.6 is 17.0 Å². The van der Waals surface area contributed by atoms with Crippen LogP contribution in [0.3, 0.4) is 0 Å². The van der Waals surface area contributed by atoms with Crippen molar-refractivity contribution < 1.29 is 5.11 Å². The number of rotatable bonds is 2. The Hall–Kier alpha value is -0.350. The molecule has 0 fully saturated rings. The van der Waals surface area contributed by atoms with Gasteiger partial charge in [-0.1, -0.05) is 0 Å². The summed E-state index contributed by atoms with van der Waals surface area (Å²) in [6.45, 7) is 0.178. The number of aliphatic hydroxyl groups excluding tert-OH is 1. The molecule has 4 heteroatoms. The highest BCUT2D eigenvalue weighted by molar-refractivity contribution is 8.93. The standard InChI is InChI=1S/C6H10N2O.BrH/c1-8-4-2-6(7-8)3-5-9;/h2,4,9H,3,5H2,1H3;1H. The predicted molar refractivity (Wildman–Crippen MR) is 44.3 cm³/mol. The molecule has 3 nitrogen and oxygen atoms in total. The number of halogens is 1. The lowest BCUT2D eigenvalue weighted by atomic mass is 10.3. The Bertz CT molecular complexity index is 188. The van der Waals surface area contributed by atoms with E-state index in [1.54, 1.807) is 4.68 Å². The van der Waals surface area contributed by atoms with Crippen molar-refractivity contribution in [2.45, 2.75) is 6.42 Å². The van der Waals surface area contributed by atoms with E-state index < -0.39 is 0 Å². The average Bonchev–Trinajstić information content (AvgIpc) is 2.17. The van der Waals surface area contributed by atoms with Gasteiger partial charge in [-0.15, -0.1) is 17.0 Å². The largest absolute Gasteiger partial charge is 0.396 e. The average molecular weight is 207 g/mol. The molecular formula is C6H11BrN2O. The summed E-state index contributed by atoms with van der Waals surface area (Å²) >= 11 is 0. The third kappa shape index (κ3) is 2.49. The molecule has 0 amide bonds. The summed E-state index contributed by atoms with van der Waals surface area (Å²) in [5.74, 6) is 0. The smallest absolute Gasteiger partial charge is 0.0647 e. The summed E-state index contributed by atoms with van der Waals surface area (Å²) < 4.78 is 1.73. The van der Waals surface area contributed by atoms with Crippen LogP contribution in [0.15, 0.2) is 12.3 Å². The maximum atomic E-state index is 8.48. The second-order valence-corrected chi connectivity index (χ2v) is 1.95. The van der Waals surface area contributed by atoms with Crippen molar-refractivity contribution in [2.75, 3.05) is 6.61 Å². The quantitative estimate of drug-likeness (QED) is 0.768. The topological polar surface area (TPSA) is 38.0 Å². The van der Waals surface area contributed by atoms with Gasteiger partial charge in [-0.05, 0) is 6.07 Å². The van der Waals surface area contributed by atoms with Gasteiger partial charge in [0.1, 0.15) is 0 Å². The van der Waals surface area contributed by atoms with Crippen molar-refractivity contribution in [2.24, 2.45) is 7.05 Å². The van der Waals surface area contributed by atoms with Gasteiger partial charge in [0.15, 0.2) is 0 Å². The van der Waals surface area contributed by atoms with Gasteiger partial charge in [0.2, 0.25) is 0 Å². The number of aliphatic hydroxyl groups is 1. The Morgan fingerprint density at radius 3 is 2.80 bits per heavy atom. The first kappa shape index (κ1) is 9.65. The minimum atomic E-state index is 0. The van der Waals surface area contributed by atoms with Crippen LogP contribution in [-0.2, 0) is 13.5 Å². The van der Waals surface area contributed by atoms with E-state index in [9.17, 15) is 0 Å². The van der Waals surface area contributed by atoms with Gasteiger partial charge < -0.3 is 5.11 Å². The Morgan fingerprint density at radius 2 is 2.40 bits per heavy atom. The van der Waals surface area contributed by atoms with Gasteiger partial charge in [-0.25, -0.2) is 0 Å². The van der Waals surface area contributed by atoms with E-state index >= 15 is 0 Å². The van der Waals surface area contributed by atoms with E-state index in [2.05, 4.69) is 5.10 Å². The molecule has 0 saturated carbocycles. The van der Waals surface area contributed by atoms with Gasteiger partial charge in [0.25, 0.3) is 0 Å². The van der Waals surface area contributed by atoms with Crippen molar-refractivity contribution in [3.63, 3.8) is 0 Å². The van der Waals surface area contributed by atoms with Gasteiger partial charge in [0, 0.05) is 26.3 Å². The van der Waals surface area contributed by atoms with Gasteiger partial charge in [-0.2, -0.15) is 5.10 Å². The maximum absolute atomic E-state index is 8.48. The normalized spacial score (nSPS) is 9.00. The number of hydrogen-bond donors (Lipinski definition) is 1. The second kappa shape index (κ2) is 4.46. The molecule has 1 rings (SSSR count). The first-order chi connectivity index (χ1) is 4.33. The highest BCUT2D eigenvalue weighted by Gasteiger charge is 1.92. The maximum Gasteiger partial charge on any atom is 0.0647 e. The molecule has 0 spiro atoms. The van der Waals surface area contributed by atoms with E-state index in [-0.39, 0.29) is 23.6 Å². The third-order valence-corrected chi connectivity index (χ3v) is 1.14. The zero-order chi connectivity index (χ0) is 6.69. The SMILES string of the molecule is Br.Cn1ccc(CCO)n1. The molecule has 58 valence electrons. The van der Waals surface area contributed by atoms with Gasteiger partial charge in [-0.3, -0.25) is 4.68 Å². The summed E-state index contributed by atoms with van der Waals surface area (Å²) in [7, 11) is 1.86. The van der Waals surface area contributed by atoms with E-state index in [4.69, 9.17) is 5.11 Å². The number of hydrogen-bond acceptors (Lipinski definition) is 2. The summed E-state index contributed by atoms with van der Waals surface area (Å²) in [5.41, 5.74) is 0.944. The van der Waals surface area contributed by atoms with Crippen LogP contribution in [-0.4, -0.2) is 21.5 Å². The lowest BCUT2D eigenvalue weighted by Crippen LogP contribution is -1.93. The van der Waals surface area contributed by atoms with Crippen LogP contribution < -0.4 is 0 Å². The van der Waals surface area contributed by atoms with Crippen LogP contribution in [0, 0.1) is 0 Å². The summed E-state index contributed by atoms with van der Waals surface area (Å²) in [5, 5.41) is 12.5. The second-order valence-electron chi connectivity index (χ2n) is 1.95. The van der Waals surface area contributed by atoms with E-state index in [0.29, 0.717) is 6.42 Å². The van der Waals surface area contributed by atoms with E-state index in [1.165, 1.54) is 0 Å². The minimum Gasteiger partial charge on any atom is -0.396 e. The molecule has 1 aromatic heterocycles. The van der Waals surface area contributed by atoms with Crippen LogP contribution in [0.4, 0.5) is 0 Å². The Morgan fingerprint density at radius 1 is 1.70 bits per heavy atom. The molecule has 0 unspecified atom stereocenters. The van der Waals surface area contributed by atoms with Crippen LogP contribution in [0.25, 0.3) is 0 Å². The molecule has 1 aromatic rings. The molecule has 1 heterocycles. The molecule has 0 radical (unpaired) electrons. The van der Waals surface area contributed by atoms with Crippen LogP contribution in [0.1, 0.15) is 5.69 Å². The molecule has 0 aromatic carbocycles. The van der Waals surface area contributed by atoms with Gasteiger partial charge >= 0.3 is 0 Å². The van der Waals surface area contributed by atoms with E-state index in [1.807, 2.05) is 19.3 Å². The van der Waals surface area contributed by atoms with Crippen molar-refractivity contribution in [3.05, 3.63) is 18.0 Å². The fraction of sp³-hybridized carbons (Fsp3) is 0.500. The highest BCUT2D eigenvalue weighted by Crippen LogP contribution is 1.92. The highest BCUT2D eigenvalue weighted by atomic mass is 79.9. The fourth-order valence-electron chi connectivity index (χ4n) is 0.711. The van der Waals surface area contributed by atoms with Crippen LogP contribution in [0.5, 0.6) is 0 Å². The molecule has 0 atom stereocenters. The fourth-order valence-corrected chi connectivity index (χ4v) is 0.711. The van der Waals surface area contributed by atoms with Gasteiger partial charge in [0.05, 0.1) is 5.69 Å². The van der Waals surface area contributed by atoms with Crippen molar-refractivity contribution >= 4 is 17.0 Å². The first-order valence-electron chi connectivity index (χ1n) is 2.92. The monoisotopic (exact) mass is 206 g/mol. The van der Waals surface area contributed by atoms with Crippen molar-refractivity contribution in [1.29, 1.82) is 0 Å². The Labute approximate surface area is 70.4 Å². The zero-order valence-corrected chi connectivity index (χ0v) is 7.53. The lowest BCUT2D eigenvalue weighted by molar-refractivity contribution is 0.298. The molecule has 10 heavy (non-hydrogen) atoms. The summed E-state index contributed by atoms with van der Waals surface area (Å²) in [4.78, 5) is 0. The molecule has 1 N–H and O–H groups in total.